The lowest BCUT2D eigenvalue weighted by Gasteiger charge is -2.07. The first-order chi connectivity index (χ1) is 6.29. The van der Waals surface area contributed by atoms with Gasteiger partial charge < -0.3 is 0 Å². The second-order valence-electron chi connectivity index (χ2n) is 2.62. The first-order valence-electron chi connectivity index (χ1n) is 3.42. The van der Waals surface area contributed by atoms with Gasteiger partial charge in [0.2, 0.25) is 10.0 Å². The summed E-state index contributed by atoms with van der Waals surface area (Å²) < 4.78 is 49.5. The summed E-state index contributed by atoms with van der Waals surface area (Å²) in [6, 6.07) is 1.66. The first kappa shape index (κ1) is 11.6. The highest BCUT2D eigenvalue weighted by Crippen LogP contribution is 2.23. The molecule has 0 fully saturated rings. The third-order valence-electron chi connectivity index (χ3n) is 1.29. The Balaban J connectivity index is 3.22. The number of hydrogen-bond donors (Lipinski definition) is 1. The fourth-order valence-electron chi connectivity index (χ4n) is 0.825. The van der Waals surface area contributed by atoms with E-state index in [4.69, 9.17) is 0 Å². The van der Waals surface area contributed by atoms with Crippen molar-refractivity contribution in [2.75, 3.05) is 11.0 Å². The molecule has 7 heteroatoms. The second kappa shape index (κ2) is 3.97. The van der Waals surface area contributed by atoms with Crippen LogP contribution in [0.5, 0.6) is 0 Å². The molecule has 0 aromatic heterocycles. The minimum Gasteiger partial charge on any atom is -0.280 e. The van der Waals surface area contributed by atoms with Gasteiger partial charge in [-0.2, -0.15) is 0 Å². The second-order valence-corrected chi connectivity index (χ2v) is 5.53. The lowest BCUT2D eigenvalue weighted by atomic mass is 10.3. The molecule has 0 atom stereocenters. The van der Waals surface area contributed by atoms with Crippen LogP contribution < -0.4 is 4.72 Å². The highest BCUT2D eigenvalue weighted by atomic mass is 127. The van der Waals surface area contributed by atoms with Crippen LogP contribution in [0.25, 0.3) is 0 Å². The first-order valence-corrected chi connectivity index (χ1v) is 6.39. The normalized spacial score (nSPS) is 11.4. The quantitative estimate of drug-likeness (QED) is 0.841. The molecule has 0 saturated heterocycles. The summed E-state index contributed by atoms with van der Waals surface area (Å²) in [6.45, 7) is 0. The summed E-state index contributed by atoms with van der Waals surface area (Å²) >= 11 is 1.64. The monoisotopic (exact) mass is 333 g/mol. The predicted octanol–water partition coefficient (Wildman–Crippen LogP) is 1.94. The van der Waals surface area contributed by atoms with Crippen LogP contribution in [-0.2, 0) is 10.0 Å². The van der Waals surface area contributed by atoms with Crippen LogP contribution in [-0.4, -0.2) is 14.7 Å². The molecule has 0 radical (unpaired) electrons. The van der Waals surface area contributed by atoms with Gasteiger partial charge in [-0.05, 0) is 28.7 Å². The molecule has 1 aromatic carbocycles. The third-order valence-corrected chi connectivity index (χ3v) is 2.72. The van der Waals surface area contributed by atoms with Crippen LogP contribution in [0.2, 0.25) is 0 Å². The number of hydrogen-bond acceptors (Lipinski definition) is 2. The molecule has 0 saturated carbocycles. The number of nitrogens with one attached hydrogen (secondary N) is 1. The highest BCUT2D eigenvalue weighted by Gasteiger charge is 2.12. The standard InChI is InChI=1S/C7H6F2INO2S/c1-14(12,13)11-7-5(9)2-4(8)3-6(7)10/h2-3,11H,1H3. The van der Waals surface area contributed by atoms with E-state index in [0.29, 0.717) is 6.07 Å². The minimum atomic E-state index is -3.55. The van der Waals surface area contributed by atoms with Crippen LogP contribution in [0.15, 0.2) is 12.1 Å². The van der Waals surface area contributed by atoms with Gasteiger partial charge >= 0.3 is 0 Å². The van der Waals surface area contributed by atoms with Crippen molar-refractivity contribution in [2.24, 2.45) is 0 Å². The molecule has 0 aliphatic heterocycles. The summed E-state index contributed by atoms with van der Waals surface area (Å²) in [5.41, 5.74) is -0.227. The summed E-state index contributed by atoms with van der Waals surface area (Å²) in [7, 11) is -3.55. The Morgan fingerprint density at radius 1 is 1.36 bits per heavy atom. The summed E-state index contributed by atoms with van der Waals surface area (Å²) in [4.78, 5) is 0. The van der Waals surface area contributed by atoms with Gasteiger partial charge in [-0.3, -0.25) is 4.72 Å². The van der Waals surface area contributed by atoms with E-state index in [0.717, 1.165) is 12.3 Å². The summed E-state index contributed by atoms with van der Waals surface area (Å²) in [5.74, 6) is -1.68. The van der Waals surface area contributed by atoms with E-state index in [1.807, 2.05) is 4.72 Å². The van der Waals surface area contributed by atoms with Gasteiger partial charge in [0.25, 0.3) is 0 Å². The molecule has 0 spiro atoms. The van der Waals surface area contributed by atoms with Gasteiger partial charge in [0, 0.05) is 9.64 Å². The van der Waals surface area contributed by atoms with E-state index < -0.39 is 21.7 Å². The number of halogens is 3. The predicted molar refractivity (Wildman–Crippen MR) is 57.5 cm³/mol. The van der Waals surface area contributed by atoms with E-state index in [9.17, 15) is 17.2 Å². The maximum absolute atomic E-state index is 13.1. The van der Waals surface area contributed by atoms with Crippen molar-refractivity contribution < 1.29 is 17.2 Å². The van der Waals surface area contributed by atoms with E-state index in [1.54, 1.807) is 22.6 Å². The minimum absolute atomic E-state index is 0.172. The van der Waals surface area contributed by atoms with E-state index in [2.05, 4.69) is 0 Å². The van der Waals surface area contributed by atoms with Gasteiger partial charge in [-0.1, -0.05) is 0 Å². The van der Waals surface area contributed by atoms with Gasteiger partial charge in [0.15, 0.2) is 5.82 Å². The molecule has 0 amide bonds. The van der Waals surface area contributed by atoms with E-state index in [1.165, 1.54) is 0 Å². The molecule has 78 valence electrons. The van der Waals surface area contributed by atoms with Gasteiger partial charge in [0.1, 0.15) is 5.82 Å². The summed E-state index contributed by atoms with van der Waals surface area (Å²) in [5, 5.41) is 0. The molecular formula is C7H6F2INO2S. The van der Waals surface area contributed by atoms with Crippen molar-refractivity contribution >= 4 is 38.3 Å². The molecule has 0 unspecified atom stereocenters. The van der Waals surface area contributed by atoms with Crippen LogP contribution in [0.4, 0.5) is 14.5 Å². The van der Waals surface area contributed by atoms with E-state index >= 15 is 0 Å². The topological polar surface area (TPSA) is 46.2 Å². The number of anilines is 1. The smallest absolute Gasteiger partial charge is 0.229 e. The Morgan fingerprint density at radius 3 is 2.36 bits per heavy atom. The van der Waals surface area contributed by atoms with Crippen LogP contribution >= 0.6 is 22.6 Å². The number of benzene rings is 1. The lowest BCUT2D eigenvalue weighted by Crippen LogP contribution is -2.12. The fourth-order valence-corrected chi connectivity index (χ4v) is 2.28. The average Bonchev–Trinajstić information content (AvgIpc) is 1.95. The molecule has 0 aliphatic carbocycles. The van der Waals surface area contributed by atoms with Crippen molar-refractivity contribution in [2.45, 2.75) is 0 Å². The van der Waals surface area contributed by atoms with Gasteiger partial charge in [-0.25, -0.2) is 17.2 Å². The third kappa shape index (κ3) is 3.05. The SMILES string of the molecule is CS(=O)(=O)Nc1c(F)cc(F)cc1I. The van der Waals surface area contributed by atoms with Crippen molar-refractivity contribution in [3.05, 3.63) is 27.3 Å². The molecule has 0 aliphatic rings. The Labute approximate surface area is 93.7 Å². The van der Waals surface area contributed by atoms with Crippen LogP contribution in [0.1, 0.15) is 0 Å². The molecule has 1 rings (SSSR count). The van der Waals surface area contributed by atoms with Crippen molar-refractivity contribution in [1.82, 2.24) is 0 Å². The number of sulfonamides is 1. The molecular weight excluding hydrogens is 327 g/mol. The highest BCUT2D eigenvalue weighted by molar-refractivity contribution is 14.1. The molecule has 0 bridgehead atoms. The van der Waals surface area contributed by atoms with Crippen molar-refractivity contribution in [1.29, 1.82) is 0 Å². The Bertz CT molecular complexity index is 438. The fraction of sp³-hybridized carbons (Fsp3) is 0.143. The Morgan fingerprint density at radius 2 is 1.93 bits per heavy atom. The number of rotatable bonds is 2. The maximum Gasteiger partial charge on any atom is 0.229 e. The molecule has 0 heterocycles. The zero-order valence-corrected chi connectivity index (χ0v) is 9.99. The Hall–Kier alpha value is -0.440. The average molecular weight is 333 g/mol. The van der Waals surface area contributed by atoms with Crippen molar-refractivity contribution in [3.8, 4) is 0 Å². The maximum atomic E-state index is 13.1. The zero-order valence-electron chi connectivity index (χ0n) is 7.01. The molecule has 3 nitrogen and oxygen atoms in total. The summed E-state index contributed by atoms with van der Waals surface area (Å²) in [6.07, 6.45) is 0.895. The molecule has 14 heavy (non-hydrogen) atoms. The van der Waals surface area contributed by atoms with E-state index in [-0.39, 0.29) is 9.26 Å². The van der Waals surface area contributed by atoms with Crippen molar-refractivity contribution in [3.63, 3.8) is 0 Å². The zero-order chi connectivity index (χ0) is 10.9. The lowest BCUT2D eigenvalue weighted by molar-refractivity contribution is 0.582. The van der Waals surface area contributed by atoms with Gasteiger partial charge in [-0.15, -0.1) is 0 Å². The largest absolute Gasteiger partial charge is 0.280 e. The molecule has 1 N–H and O–H groups in total. The molecule has 1 aromatic rings. The van der Waals surface area contributed by atoms with Gasteiger partial charge in [0.05, 0.1) is 11.9 Å². The van der Waals surface area contributed by atoms with Crippen LogP contribution in [0.3, 0.4) is 0 Å². The van der Waals surface area contributed by atoms with Crippen LogP contribution in [0, 0.1) is 15.2 Å². The Kier molecular flexibility index (Phi) is 3.30.